The van der Waals surface area contributed by atoms with E-state index >= 15 is 0 Å². The molecule has 0 fully saturated rings. The molecule has 0 radical (unpaired) electrons. The smallest absolute Gasteiger partial charge is 0.305 e. The Morgan fingerprint density at radius 2 is 1.64 bits per heavy atom. The largest absolute Gasteiger partial charge is 0.469 e. The second kappa shape index (κ2) is 11.6. The molecule has 2 N–H and O–H groups in total. The fourth-order valence-corrected chi connectivity index (χ4v) is 3.20. The van der Waals surface area contributed by atoms with Crippen molar-refractivity contribution in [2.45, 2.75) is 43.4 Å². The summed E-state index contributed by atoms with van der Waals surface area (Å²) in [5.74, 6) is -0.392. The average molecular weight is 370 g/mol. The zero-order chi connectivity index (χ0) is 18.5. The van der Waals surface area contributed by atoms with E-state index in [1.807, 2.05) is 0 Å². The van der Waals surface area contributed by atoms with Crippen LogP contribution in [-0.2, 0) is 24.3 Å². The SMILES string of the molecule is COC(=O)CCCCCCNC(=O)CCNS(=O)(=O)c1ccccc1. The zero-order valence-electron chi connectivity index (χ0n) is 14.5. The molecule has 0 aromatic heterocycles. The number of hydrogen-bond donors (Lipinski definition) is 2. The summed E-state index contributed by atoms with van der Waals surface area (Å²) in [6.45, 7) is 0.602. The molecule has 1 aromatic rings. The first-order valence-electron chi connectivity index (χ1n) is 8.34. The summed E-state index contributed by atoms with van der Waals surface area (Å²) in [7, 11) is -2.20. The Morgan fingerprint density at radius 3 is 2.32 bits per heavy atom. The fraction of sp³-hybridized carbons (Fsp3) is 0.529. The minimum absolute atomic E-state index is 0.0577. The normalized spacial score (nSPS) is 11.1. The number of amides is 1. The first kappa shape index (κ1) is 21.1. The maximum absolute atomic E-state index is 12.0. The summed E-state index contributed by atoms with van der Waals surface area (Å²) >= 11 is 0. The summed E-state index contributed by atoms with van der Waals surface area (Å²) in [5, 5.41) is 2.75. The fourth-order valence-electron chi connectivity index (χ4n) is 2.15. The number of benzene rings is 1. The minimum atomic E-state index is -3.57. The predicted octanol–water partition coefficient (Wildman–Crippen LogP) is 1.59. The Labute approximate surface area is 149 Å². The van der Waals surface area contributed by atoms with Crippen molar-refractivity contribution in [1.29, 1.82) is 0 Å². The Bertz CT molecular complexity index is 632. The van der Waals surface area contributed by atoms with Crippen molar-refractivity contribution in [2.24, 2.45) is 0 Å². The number of carbonyl (C=O) groups excluding carboxylic acids is 2. The molecule has 0 saturated carbocycles. The van der Waals surface area contributed by atoms with Crippen LogP contribution in [0, 0.1) is 0 Å². The Hall–Kier alpha value is -1.93. The molecule has 0 aliphatic carbocycles. The van der Waals surface area contributed by atoms with Crippen LogP contribution in [0.1, 0.15) is 38.5 Å². The second-order valence-corrected chi connectivity index (χ2v) is 7.32. The molecule has 7 nitrogen and oxygen atoms in total. The Kier molecular flexibility index (Phi) is 9.79. The zero-order valence-corrected chi connectivity index (χ0v) is 15.3. The Morgan fingerprint density at radius 1 is 0.960 bits per heavy atom. The van der Waals surface area contributed by atoms with Crippen molar-refractivity contribution in [3.05, 3.63) is 30.3 Å². The molecule has 0 bridgehead atoms. The van der Waals surface area contributed by atoms with Crippen molar-refractivity contribution in [3.63, 3.8) is 0 Å². The van der Waals surface area contributed by atoms with Gasteiger partial charge in [0.15, 0.2) is 0 Å². The van der Waals surface area contributed by atoms with Gasteiger partial charge in [0, 0.05) is 25.9 Å². The molecule has 140 valence electrons. The molecular weight excluding hydrogens is 344 g/mol. The van der Waals surface area contributed by atoms with Gasteiger partial charge in [0.25, 0.3) is 0 Å². The van der Waals surface area contributed by atoms with Crippen LogP contribution in [0.25, 0.3) is 0 Å². The lowest BCUT2D eigenvalue weighted by atomic mass is 10.1. The summed E-state index contributed by atoms with van der Waals surface area (Å²) in [6, 6.07) is 8.03. The number of nitrogens with one attached hydrogen (secondary N) is 2. The first-order chi connectivity index (χ1) is 12.0. The van der Waals surface area contributed by atoms with Gasteiger partial charge in [0.1, 0.15) is 0 Å². The number of rotatable bonds is 12. The van der Waals surface area contributed by atoms with Gasteiger partial charge in [0.2, 0.25) is 15.9 Å². The summed E-state index contributed by atoms with van der Waals surface area (Å²) in [4.78, 5) is 22.8. The number of carbonyl (C=O) groups is 2. The van der Waals surface area contributed by atoms with Crippen LogP contribution in [0.15, 0.2) is 35.2 Å². The molecule has 0 spiro atoms. The molecule has 0 aliphatic rings. The summed E-state index contributed by atoms with van der Waals surface area (Å²) < 4.78 is 30.9. The molecule has 0 atom stereocenters. The number of hydrogen-bond acceptors (Lipinski definition) is 5. The predicted molar refractivity (Wildman–Crippen MR) is 94.4 cm³/mol. The summed E-state index contributed by atoms with van der Waals surface area (Å²) in [6.07, 6.45) is 3.93. The van der Waals surface area contributed by atoms with E-state index < -0.39 is 10.0 Å². The minimum Gasteiger partial charge on any atom is -0.469 e. The molecule has 1 amide bonds. The third kappa shape index (κ3) is 9.21. The molecule has 0 unspecified atom stereocenters. The lowest BCUT2D eigenvalue weighted by molar-refractivity contribution is -0.140. The first-order valence-corrected chi connectivity index (χ1v) is 9.82. The highest BCUT2D eigenvalue weighted by Gasteiger charge is 2.13. The van der Waals surface area contributed by atoms with Crippen LogP contribution >= 0.6 is 0 Å². The van der Waals surface area contributed by atoms with Gasteiger partial charge < -0.3 is 10.1 Å². The highest BCUT2D eigenvalue weighted by molar-refractivity contribution is 7.89. The maximum atomic E-state index is 12.0. The molecular formula is C17H26N2O5S. The molecule has 1 aromatic carbocycles. The van der Waals surface area contributed by atoms with Crippen LogP contribution in [0.2, 0.25) is 0 Å². The molecule has 0 heterocycles. The van der Waals surface area contributed by atoms with E-state index in [0.717, 1.165) is 25.7 Å². The van der Waals surface area contributed by atoms with Gasteiger partial charge in [-0.1, -0.05) is 31.0 Å². The van der Waals surface area contributed by atoms with Crippen LogP contribution in [-0.4, -0.2) is 40.5 Å². The number of ether oxygens (including phenoxy) is 1. The van der Waals surface area contributed by atoms with Crippen LogP contribution in [0.3, 0.4) is 0 Å². The van der Waals surface area contributed by atoms with Gasteiger partial charge in [0.05, 0.1) is 12.0 Å². The molecule has 0 aliphatic heterocycles. The van der Waals surface area contributed by atoms with E-state index in [2.05, 4.69) is 14.8 Å². The van der Waals surface area contributed by atoms with Crippen molar-refractivity contribution < 1.29 is 22.7 Å². The number of unbranched alkanes of at least 4 members (excludes halogenated alkanes) is 3. The van der Waals surface area contributed by atoms with Crippen molar-refractivity contribution >= 4 is 21.9 Å². The van der Waals surface area contributed by atoms with Crippen LogP contribution in [0.4, 0.5) is 0 Å². The standard InChI is InChI=1S/C17H26N2O5S/c1-24-17(21)11-7-2-3-8-13-18-16(20)12-14-19-25(22,23)15-9-5-4-6-10-15/h4-6,9-10,19H,2-3,7-8,11-14H2,1H3,(H,18,20). The van der Waals surface area contributed by atoms with Gasteiger partial charge in [-0.2, -0.15) is 0 Å². The van der Waals surface area contributed by atoms with Crippen LogP contribution in [0.5, 0.6) is 0 Å². The van der Waals surface area contributed by atoms with E-state index in [4.69, 9.17) is 0 Å². The monoisotopic (exact) mass is 370 g/mol. The lowest BCUT2D eigenvalue weighted by Gasteiger charge is -2.07. The highest BCUT2D eigenvalue weighted by atomic mass is 32.2. The molecule has 1 rings (SSSR count). The van der Waals surface area contributed by atoms with E-state index in [0.29, 0.717) is 13.0 Å². The van der Waals surface area contributed by atoms with Crippen molar-refractivity contribution in [1.82, 2.24) is 10.0 Å². The lowest BCUT2D eigenvalue weighted by Crippen LogP contribution is -2.31. The van der Waals surface area contributed by atoms with Crippen molar-refractivity contribution in [3.8, 4) is 0 Å². The van der Waals surface area contributed by atoms with Crippen molar-refractivity contribution in [2.75, 3.05) is 20.2 Å². The topological polar surface area (TPSA) is 102 Å². The third-order valence-corrected chi connectivity index (χ3v) is 5.03. The van der Waals surface area contributed by atoms with E-state index in [9.17, 15) is 18.0 Å². The number of esters is 1. The quantitative estimate of drug-likeness (QED) is 0.430. The van der Waals surface area contributed by atoms with Gasteiger partial charge in [-0.05, 0) is 25.0 Å². The highest BCUT2D eigenvalue weighted by Crippen LogP contribution is 2.06. The van der Waals surface area contributed by atoms with Gasteiger partial charge in [-0.15, -0.1) is 0 Å². The molecule has 8 heteroatoms. The number of sulfonamides is 1. The molecule has 0 saturated heterocycles. The van der Waals surface area contributed by atoms with E-state index in [1.165, 1.54) is 19.2 Å². The van der Waals surface area contributed by atoms with Gasteiger partial charge in [-0.25, -0.2) is 13.1 Å². The maximum Gasteiger partial charge on any atom is 0.305 e. The van der Waals surface area contributed by atoms with E-state index in [-0.39, 0.29) is 29.7 Å². The Balaban J connectivity index is 2.08. The van der Waals surface area contributed by atoms with E-state index in [1.54, 1.807) is 18.2 Å². The number of methoxy groups -OCH3 is 1. The second-order valence-electron chi connectivity index (χ2n) is 5.55. The molecule has 25 heavy (non-hydrogen) atoms. The summed E-state index contributed by atoms with van der Waals surface area (Å²) in [5.41, 5.74) is 0. The van der Waals surface area contributed by atoms with Gasteiger partial charge >= 0.3 is 5.97 Å². The van der Waals surface area contributed by atoms with Gasteiger partial charge in [-0.3, -0.25) is 9.59 Å². The van der Waals surface area contributed by atoms with Crippen LogP contribution < -0.4 is 10.0 Å². The average Bonchev–Trinajstić information content (AvgIpc) is 2.61. The third-order valence-electron chi connectivity index (χ3n) is 3.56.